The number of nitrogens with one attached hydrogen (secondary N) is 2. The second-order valence-electron chi connectivity index (χ2n) is 6.20. The first-order valence-electron chi connectivity index (χ1n) is 8.20. The van der Waals surface area contributed by atoms with Crippen molar-refractivity contribution in [3.05, 3.63) is 53.3 Å². The minimum atomic E-state index is -0.359. The molecule has 1 aliphatic carbocycles. The van der Waals surface area contributed by atoms with Crippen molar-refractivity contribution >= 4 is 5.91 Å². The van der Waals surface area contributed by atoms with E-state index in [4.69, 9.17) is 0 Å². The lowest BCUT2D eigenvalue weighted by Crippen LogP contribution is -2.38. The summed E-state index contributed by atoms with van der Waals surface area (Å²) in [5.74, 6) is 0.416. The second kappa shape index (κ2) is 6.96. The highest BCUT2D eigenvalue weighted by atomic mass is 16.2. The van der Waals surface area contributed by atoms with E-state index in [0.717, 1.165) is 18.4 Å². The zero-order chi connectivity index (χ0) is 16.2. The molecule has 0 radical (unpaired) electrons. The van der Waals surface area contributed by atoms with Gasteiger partial charge in [-0.3, -0.25) is 9.48 Å². The third kappa shape index (κ3) is 3.45. The molecule has 23 heavy (non-hydrogen) atoms. The molecule has 3 rings (SSSR count). The number of likely N-dealkylation sites (N-methyl/N-ethyl adjacent to an activating group) is 1. The van der Waals surface area contributed by atoms with Crippen molar-refractivity contribution in [1.82, 2.24) is 20.4 Å². The zero-order valence-corrected chi connectivity index (χ0v) is 13.7. The van der Waals surface area contributed by atoms with E-state index in [2.05, 4.69) is 40.0 Å². The molecule has 1 amide bonds. The maximum Gasteiger partial charge on any atom is 0.241 e. The van der Waals surface area contributed by atoms with Crippen LogP contribution in [0.4, 0.5) is 0 Å². The molecular weight excluding hydrogens is 288 g/mol. The van der Waals surface area contributed by atoms with Gasteiger partial charge in [0.25, 0.3) is 0 Å². The minimum Gasteiger partial charge on any atom is -0.354 e. The van der Waals surface area contributed by atoms with Crippen LogP contribution in [0.2, 0.25) is 0 Å². The van der Waals surface area contributed by atoms with E-state index in [1.165, 1.54) is 17.5 Å². The quantitative estimate of drug-likeness (QED) is 0.887. The molecule has 0 saturated carbocycles. The molecule has 1 heterocycles. The molecule has 0 saturated heterocycles. The summed E-state index contributed by atoms with van der Waals surface area (Å²) in [6.45, 7) is 0.689. The topological polar surface area (TPSA) is 59.0 Å². The van der Waals surface area contributed by atoms with Gasteiger partial charge in [-0.05, 0) is 37.4 Å². The Labute approximate surface area is 137 Å². The van der Waals surface area contributed by atoms with Gasteiger partial charge in [-0.25, -0.2) is 0 Å². The van der Waals surface area contributed by atoms with E-state index >= 15 is 0 Å². The lowest BCUT2D eigenvalue weighted by atomic mass is 9.83. The summed E-state index contributed by atoms with van der Waals surface area (Å²) in [6.07, 6.45) is 7.08. The maximum absolute atomic E-state index is 12.5. The number of nitrogens with zero attached hydrogens (tertiary/aromatic N) is 2. The smallest absolute Gasteiger partial charge is 0.241 e. The number of benzene rings is 1. The van der Waals surface area contributed by atoms with Crippen molar-refractivity contribution in [1.29, 1.82) is 0 Å². The molecule has 0 spiro atoms. The molecule has 2 atom stereocenters. The molecule has 1 aliphatic rings. The van der Waals surface area contributed by atoms with Gasteiger partial charge in [0, 0.05) is 31.3 Å². The molecule has 1 aromatic heterocycles. The fraction of sp³-hybridized carbons (Fsp3) is 0.444. The highest BCUT2D eigenvalue weighted by Crippen LogP contribution is 2.30. The molecule has 2 aromatic rings. The van der Waals surface area contributed by atoms with E-state index < -0.39 is 0 Å². The van der Waals surface area contributed by atoms with Crippen LogP contribution in [0, 0.1) is 0 Å². The summed E-state index contributed by atoms with van der Waals surface area (Å²) in [5.41, 5.74) is 3.70. The molecular formula is C18H24N4O. The standard InChI is InChI=1S/C18H24N4O/c1-19-17(15-11-21-22(2)12-15)18(23)20-10-14-8-5-7-13-6-3-4-9-16(13)14/h3-4,6,9,11-12,14,17,19H,5,7-8,10H2,1-2H3,(H,20,23). The van der Waals surface area contributed by atoms with Gasteiger partial charge in [-0.2, -0.15) is 5.10 Å². The average molecular weight is 312 g/mol. The predicted molar refractivity (Wildman–Crippen MR) is 90.1 cm³/mol. The maximum atomic E-state index is 12.5. The molecule has 2 N–H and O–H groups in total. The number of aromatic nitrogens is 2. The summed E-state index contributed by atoms with van der Waals surface area (Å²) >= 11 is 0. The Bertz CT molecular complexity index is 679. The molecule has 0 bridgehead atoms. The SMILES string of the molecule is CNC(C(=O)NCC1CCCc2ccccc21)c1cnn(C)c1. The van der Waals surface area contributed by atoms with Crippen LogP contribution in [-0.4, -0.2) is 29.3 Å². The van der Waals surface area contributed by atoms with E-state index in [-0.39, 0.29) is 11.9 Å². The molecule has 0 aliphatic heterocycles. The van der Waals surface area contributed by atoms with Gasteiger partial charge in [-0.15, -0.1) is 0 Å². The number of fused-ring (bicyclic) bond motifs is 1. The van der Waals surface area contributed by atoms with E-state index in [1.807, 2.05) is 13.2 Å². The highest BCUT2D eigenvalue weighted by Gasteiger charge is 2.23. The van der Waals surface area contributed by atoms with Crippen molar-refractivity contribution in [3.63, 3.8) is 0 Å². The van der Waals surface area contributed by atoms with Crippen LogP contribution in [0.3, 0.4) is 0 Å². The van der Waals surface area contributed by atoms with Gasteiger partial charge >= 0.3 is 0 Å². The van der Waals surface area contributed by atoms with Crippen LogP contribution < -0.4 is 10.6 Å². The lowest BCUT2D eigenvalue weighted by molar-refractivity contribution is -0.123. The first-order chi connectivity index (χ1) is 11.2. The molecule has 122 valence electrons. The van der Waals surface area contributed by atoms with Crippen molar-refractivity contribution in [2.24, 2.45) is 7.05 Å². The predicted octanol–water partition coefficient (Wildman–Crippen LogP) is 1.92. The number of carbonyl (C=O) groups excluding carboxylic acids is 1. The average Bonchev–Trinajstić information content (AvgIpc) is 2.99. The van der Waals surface area contributed by atoms with E-state index in [0.29, 0.717) is 12.5 Å². The number of hydrogen-bond donors (Lipinski definition) is 2. The van der Waals surface area contributed by atoms with Crippen LogP contribution in [-0.2, 0) is 18.3 Å². The van der Waals surface area contributed by atoms with Gasteiger partial charge in [-0.1, -0.05) is 24.3 Å². The normalized spacial score (nSPS) is 18.3. The van der Waals surface area contributed by atoms with Crippen LogP contribution in [0.5, 0.6) is 0 Å². The molecule has 5 nitrogen and oxygen atoms in total. The van der Waals surface area contributed by atoms with Crippen molar-refractivity contribution in [3.8, 4) is 0 Å². The van der Waals surface area contributed by atoms with Gasteiger partial charge in [0.1, 0.15) is 6.04 Å². The largest absolute Gasteiger partial charge is 0.354 e. The lowest BCUT2D eigenvalue weighted by Gasteiger charge is -2.26. The van der Waals surface area contributed by atoms with Crippen molar-refractivity contribution < 1.29 is 4.79 Å². The Morgan fingerprint density at radius 2 is 2.26 bits per heavy atom. The molecule has 1 aromatic carbocycles. The number of rotatable bonds is 5. The Hall–Kier alpha value is -2.14. The Morgan fingerprint density at radius 1 is 1.43 bits per heavy atom. The summed E-state index contributed by atoms with van der Waals surface area (Å²) in [7, 11) is 3.65. The van der Waals surface area contributed by atoms with E-state index in [9.17, 15) is 4.79 Å². The summed E-state index contributed by atoms with van der Waals surface area (Å²) < 4.78 is 1.71. The van der Waals surface area contributed by atoms with Gasteiger partial charge in [0.2, 0.25) is 5.91 Å². The van der Waals surface area contributed by atoms with Crippen molar-refractivity contribution in [2.75, 3.05) is 13.6 Å². The monoisotopic (exact) mass is 312 g/mol. The molecule has 0 fully saturated rings. The van der Waals surface area contributed by atoms with Gasteiger partial charge in [0.15, 0.2) is 0 Å². The first kappa shape index (κ1) is 15.7. The van der Waals surface area contributed by atoms with Crippen LogP contribution >= 0.6 is 0 Å². The summed E-state index contributed by atoms with van der Waals surface area (Å²) in [4.78, 5) is 12.5. The zero-order valence-electron chi connectivity index (χ0n) is 13.7. The Balaban J connectivity index is 1.65. The van der Waals surface area contributed by atoms with E-state index in [1.54, 1.807) is 17.9 Å². The number of carbonyl (C=O) groups is 1. The van der Waals surface area contributed by atoms with Crippen LogP contribution in [0.1, 0.15) is 41.5 Å². The fourth-order valence-electron chi connectivity index (χ4n) is 3.43. The summed E-state index contributed by atoms with van der Waals surface area (Å²) in [6, 6.07) is 8.23. The Kier molecular flexibility index (Phi) is 4.76. The van der Waals surface area contributed by atoms with Gasteiger partial charge < -0.3 is 10.6 Å². The van der Waals surface area contributed by atoms with Gasteiger partial charge in [0.05, 0.1) is 6.20 Å². The number of amides is 1. The number of hydrogen-bond acceptors (Lipinski definition) is 3. The van der Waals surface area contributed by atoms with Crippen molar-refractivity contribution in [2.45, 2.75) is 31.2 Å². The number of aryl methyl sites for hydroxylation is 2. The highest BCUT2D eigenvalue weighted by molar-refractivity contribution is 5.83. The van der Waals surface area contributed by atoms with Crippen LogP contribution in [0.15, 0.2) is 36.7 Å². The Morgan fingerprint density at radius 3 is 3.00 bits per heavy atom. The minimum absolute atomic E-state index is 0.00329. The summed E-state index contributed by atoms with van der Waals surface area (Å²) in [5, 5.41) is 10.3. The molecule has 5 heteroatoms. The van der Waals surface area contributed by atoms with Crippen LogP contribution in [0.25, 0.3) is 0 Å². The second-order valence-corrected chi connectivity index (χ2v) is 6.20. The third-order valence-electron chi connectivity index (χ3n) is 4.63. The first-order valence-corrected chi connectivity index (χ1v) is 8.20. The fourth-order valence-corrected chi connectivity index (χ4v) is 3.43. The molecule has 2 unspecified atom stereocenters. The third-order valence-corrected chi connectivity index (χ3v) is 4.63.